The number of hydrogen-bond acceptors (Lipinski definition) is 23. The Hall–Kier alpha value is -2.74. The maximum absolute atomic E-state index is 12.9. The molecule has 8 bridgehead atoms. The Kier molecular flexibility index (Phi) is 21.6. The fourth-order valence-corrected chi connectivity index (χ4v) is 9.45. The van der Waals surface area contributed by atoms with Crippen LogP contribution in [0.1, 0.15) is 64.2 Å². The van der Waals surface area contributed by atoms with Crippen molar-refractivity contribution in [3.05, 3.63) is 24.6 Å². The summed E-state index contributed by atoms with van der Waals surface area (Å²) in [6.07, 6.45) is -20.1. The second-order valence-corrected chi connectivity index (χ2v) is 18.5. The number of aliphatic hydroxyl groups excluding tert-OH is 10. The van der Waals surface area contributed by atoms with E-state index in [2.05, 4.69) is 39.7 Å². The zero-order chi connectivity index (χ0) is 49.8. The molecule has 0 aromatic heterocycles. The van der Waals surface area contributed by atoms with Gasteiger partial charge >= 0.3 is 0 Å². The monoisotopic (exact) mass is 994 g/mol. The Morgan fingerprint density at radius 1 is 0.449 bits per heavy atom. The van der Waals surface area contributed by atoms with Gasteiger partial charge in [0.2, 0.25) is 11.8 Å². The first-order chi connectivity index (χ1) is 33.1. The minimum atomic E-state index is -1.57. The summed E-state index contributed by atoms with van der Waals surface area (Å²) < 4.78 is 46.3. The quantitative estimate of drug-likeness (QED) is 0.0450. The third-order valence-corrected chi connectivity index (χ3v) is 13.6. The van der Waals surface area contributed by atoms with Gasteiger partial charge < -0.3 is 110 Å². The molecule has 0 aromatic carbocycles. The van der Waals surface area contributed by atoms with Gasteiger partial charge in [-0.05, 0) is 38.5 Å². The number of hydrogen-bond donors (Lipinski definition) is 15. The van der Waals surface area contributed by atoms with E-state index >= 15 is 0 Å². The maximum atomic E-state index is 12.9. The highest BCUT2D eigenvalue weighted by Crippen LogP contribution is 2.36. The van der Waals surface area contributed by atoms with Crippen molar-refractivity contribution in [2.75, 3.05) is 52.9 Å². The number of carbonyl (C=O) groups is 2. The molecule has 16 unspecified atom stereocenters. The lowest BCUT2D eigenvalue weighted by atomic mass is 9.84. The van der Waals surface area contributed by atoms with Crippen molar-refractivity contribution in [2.45, 2.75) is 175 Å². The first-order valence-electron chi connectivity index (χ1n) is 24.0. The summed E-state index contributed by atoms with van der Waals surface area (Å²) in [6.45, 7) is 7.59. The van der Waals surface area contributed by atoms with Crippen LogP contribution in [0.4, 0.5) is 0 Å². The highest BCUT2D eigenvalue weighted by molar-refractivity contribution is 5.76. The predicted molar refractivity (Wildman–Crippen MR) is 235 cm³/mol. The first-order valence-corrected chi connectivity index (χ1v) is 24.0. The SMILES string of the molecule is C=C(CCC(=O)NCC1O[C@H]2OC3C(CO)O[C@@H](OCCCCC1C(O)C2O)C(O)C3O)NCNCNC(=C)CCC(=O)NCC1O[C@H]2OC3C(CO)O[C@@H](OCCCCC1C(O)C2O)C(O)C3O. The predicted octanol–water partition coefficient (Wildman–Crippen LogP) is -5.33. The molecule has 20 atom stereocenters. The van der Waals surface area contributed by atoms with E-state index in [1.807, 2.05) is 0 Å². The molecule has 15 N–H and O–H groups in total. The van der Waals surface area contributed by atoms with Crippen LogP contribution in [-0.4, -0.2) is 226 Å². The van der Waals surface area contributed by atoms with Crippen molar-refractivity contribution in [1.29, 1.82) is 0 Å². The second-order valence-electron chi connectivity index (χ2n) is 18.5. The average molecular weight is 994 g/mol. The van der Waals surface area contributed by atoms with Gasteiger partial charge in [0.25, 0.3) is 0 Å². The first kappa shape index (κ1) is 55.6. The summed E-state index contributed by atoms with van der Waals surface area (Å²) in [5.41, 5.74) is 1.15. The number of rotatable bonds is 18. The molecule has 0 saturated carbocycles. The molecular formula is C44H75N5O20. The number of ether oxygens (including phenoxy) is 8. The molecule has 25 nitrogen and oxygen atoms in total. The van der Waals surface area contributed by atoms with Gasteiger partial charge in [0, 0.05) is 62.4 Å². The highest BCUT2D eigenvalue weighted by atomic mass is 16.7. The van der Waals surface area contributed by atoms with Crippen LogP contribution in [0.5, 0.6) is 0 Å². The maximum Gasteiger partial charge on any atom is 0.220 e. The lowest BCUT2D eigenvalue weighted by molar-refractivity contribution is -0.355. The minimum absolute atomic E-state index is 0.0271. The van der Waals surface area contributed by atoms with E-state index < -0.39 is 136 Å². The molecule has 0 aliphatic carbocycles. The molecule has 69 heavy (non-hydrogen) atoms. The van der Waals surface area contributed by atoms with Crippen LogP contribution in [0.15, 0.2) is 24.6 Å². The number of allylic oxidation sites excluding steroid dienone is 2. The van der Waals surface area contributed by atoms with E-state index in [0.717, 1.165) is 0 Å². The topological polar surface area (TPSA) is 370 Å². The molecule has 0 radical (unpaired) electrons. The molecule has 25 heteroatoms. The fraction of sp³-hybridized carbons (Fsp3) is 0.864. The Labute approximate surface area is 400 Å². The Balaban J connectivity index is 0.868. The molecule has 12 saturated heterocycles. The number of amides is 2. The van der Waals surface area contributed by atoms with E-state index in [-0.39, 0.29) is 64.3 Å². The summed E-state index contributed by atoms with van der Waals surface area (Å²) in [4.78, 5) is 25.9. The summed E-state index contributed by atoms with van der Waals surface area (Å²) in [5.74, 6) is -1.81. The van der Waals surface area contributed by atoms with E-state index in [0.29, 0.717) is 62.8 Å². The molecule has 12 fully saturated rings. The second kappa shape index (κ2) is 26.8. The van der Waals surface area contributed by atoms with Gasteiger partial charge in [0.05, 0.1) is 51.0 Å². The van der Waals surface area contributed by atoms with Crippen molar-refractivity contribution in [3.63, 3.8) is 0 Å². The number of nitrogens with one attached hydrogen (secondary N) is 5. The van der Waals surface area contributed by atoms with Gasteiger partial charge in [-0.15, -0.1) is 0 Å². The number of aliphatic hydroxyl groups is 10. The largest absolute Gasteiger partial charge is 0.394 e. The Morgan fingerprint density at radius 3 is 1.22 bits per heavy atom. The highest BCUT2D eigenvalue weighted by Gasteiger charge is 2.53. The normalized spacial score (nSPS) is 40.8. The zero-order valence-electron chi connectivity index (χ0n) is 38.7. The van der Waals surface area contributed by atoms with Crippen LogP contribution in [-0.2, 0) is 47.5 Å². The van der Waals surface area contributed by atoms with Crippen LogP contribution in [0.3, 0.4) is 0 Å². The van der Waals surface area contributed by atoms with Gasteiger partial charge in [-0.2, -0.15) is 0 Å². The van der Waals surface area contributed by atoms with Crippen molar-refractivity contribution in [2.24, 2.45) is 11.8 Å². The van der Waals surface area contributed by atoms with E-state index in [1.54, 1.807) is 0 Å². The molecule has 396 valence electrons. The van der Waals surface area contributed by atoms with E-state index in [9.17, 15) is 60.7 Å². The molecule has 12 rings (SSSR count). The summed E-state index contributed by atoms with van der Waals surface area (Å²) in [5, 5.41) is 122. The third-order valence-electron chi connectivity index (χ3n) is 13.6. The molecule has 12 aliphatic rings. The Bertz CT molecular complexity index is 1520. The smallest absolute Gasteiger partial charge is 0.220 e. The van der Waals surface area contributed by atoms with Crippen LogP contribution in [0.2, 0.25) is 0 Å². The van der Waals surface area contributed by atoms with Crippen molar-refractivity contribution < 1.29 is 98.5 Å². The summed E-state index contributed by atoms with van der Waals surface area (Å²) >= 11 is 0. The summed E-state index contributed by atoms with van der Waals surface area (Å²) in [6, 6.07) is 0. The Morgan fingerprint density at radius 2 is 0.826 bits per heavy atom. The van der Waals surface area contributed by atoms with Crippen LogP contribution < -0.4 is 26.6 Å². The standard InChI is InChI=1S/C44H75N5O20/c1-21(9-11-29(52)46-15-25-23-7-3-5-13-62-41-37(60)33(56)39(27(17-50)66-41)68-43(64-25)35(58)31(23)54)48-19-45-20-49-22(2)10-12-30(53)47-16-26-24-8-4-6-14-63-42-38(61)34(57)40(28(18-51)67-42)69-44(65-26)36(59)32(24)55/h23-28,31-45,48-51,54-61H,1-20H2,(H,46,52)(H,47,53)/t23?,24?,25?,26?,27?,28?,31?,32?,33?,34?,35?,36?,37?,38?,39?,40?,41-,42-,43+,44+/m1/s1. The van der Waals surface area contributed by atoms with Crippen molar-refractivity contribution in [3.8, 4) is 0 Å². The van der Waals surface area contributed by atoms with Crippen LogP contribution in [0, 0.1) is 11.8 Å². The third kappa shape index (κ3) is 14.7. The zero-order valence-corrected chi connectivity index (χ0v) is 38.7. The molecule has 12 aliphatic heterocycles. The molecule has 12 heterocycles. The van der Waals surface area contributed by atoms with Gasteiger partial charge in [-0.1, -0.05) is 26.0 Å². The average Bonchev–Trinajstić information content (AvgIpc) is 3.33. The van der Waals surface area contributed by atoms with Gasteiger partial charge in [-0.25, -0.2) is 0 Å². The van der Waals surface area contributed by atoms with Gasteiger partial charge in [-0.3, -0.25) is 14.9 Å². The lowest BCUT2D eigenvalue weighted by Crippen LogP contribution is -2.64. The number of carbonyl (C=O) groups excluding carboxylic acids is 2. The van der Waals surface area contributed by atoms with Crippen molar-refractivity contribution in [1.82, 2.24) is 26.6 Å². The minimum Gasteiger partial charge on any atom is -0.394 e. The molecule has 2 amide bonds. The lowest BCUT2D eigenvalue weighted by Gasteiger charge is -2.47. The van der Waals surface area contributed by atoms with E-state index in [1.165, 1.54) is 0 Å². The van der Waals surface area contributed by atoms with Crippen LogP contribution >= 0.6 is 0 Å². The van der Waals surface area contributed by atoms with E-state index in [4.69, 9.17) is 37.9 Å². The summed E-state index contributed by atoms with van der Waals surface area (Å²) in [7, 11) is 0. The van der Waals surface area contributed by atoms with Crippen molar-refractivity contribution >= 4 is 11.8 Å². The molecule has 0 spiro atoms. The van der Waals surface area contributed by atoms with Crippen LogP contribution in [0.25, 0.3) is 0 Å². The molecule has 0 aromatic rings. The van der Waals surface area contributed by atoms with Gasteiger partial charge in [0.1, 0.15) is 61.0 Å². The molecular weight excluding hydrogens is 918 g/mol. The fourth-order valence-electron chi connectivity index (χ4n) is 9.45. The van der Waals surface area contributed by atoms with Gasteiger partial charge in [0.15, 0.2) is 25.2 Å².